The van der Waals surface area contributed by atoms with E-state index < -0.39 is 0 Å². The average Bonchev–Trinajstić information content (AvgIpc) is 3.24. The zero-order valence-electron chi connectivity index (χ0n) is 18.3. The van der Waals surface area contributed by atoms with Gasteiger partial charge in [-0.1, -0.05) is 54.0 Å². The summed E-state index contributed by atoms with van der Waals surface area (Å²) in [5.41, 5.74) is 6.88. The molecule has 0 amide bonds. The zero-order valence-corrected chi connectivity index (χ0v) is 18.3. The van der Waals surface area contributed by atoms with E-state index in [0.29, 0.717) is 22.8 Å². The summed E-state index contributed by atoms with van der Waals surface area (Å²) in [6.45, 7) is 6.32. The second-order valence-corrected chi connectivity index (χ2v) is 9.11. The molecule has 2 heterocycles. The Morgan fingerprint density at radius 2 is 1.88 bits per heavy atom. The Morgan fingerprint density at radius 3 is 2.66 bits per heavy atom. The number of nitrogens with one attached hydrogen (secondary N) is 1. The van der Waals surface area contributed by atoms with Crippen LogP contribution in [0.1, 0.15) is 41.3 Å². The van der Waals surface area contributed by atoms with Gasteiger partial charge in [-0.2, -0.15) is 0 Å². The number of hydrogen-bond acceptors (Lipinski definition) is 5. The van der Waals surface area contributed by atoms with Gasteiger partial charge in [0.05, 0.1) is 22.3 Å². The van der Waals surface area contributed by atoms with E-state index in [1.165, 1.54) is 12.0 Å². The summed E-state index contributed by atoms with van der Waals surface area (Å²) in [5.74, 6) is 1.31. The molecule has 0 bridgehead atoms. The van der Waals surface area contributed by atoms with Gasteiger partial charge >= 0.3 is 0 Å². The molecule has 6 rings (SSSR count). The molecular weight excluding hydrogens is 398 g/mol. The van der Waals surface area contributed by atoms with Gasteiger partial charge in [-0.05, 0) is 43.9 Å². The summed E-state index contributed by atoms with van der Waals surface area (Å²) < 4.78 is 5.89. The Morgan fingerprint density at radius 1 is 1.09 bits per heavy atom. The Labute approximate surface area is 187 Å². The maximum atomic E-state index is 13.7. The van der Waals surface area contributed by atoms with Crippen molar-refractivity contribution in [1.29, 1.82) is 0 Å². The first-order valence-corrected chi connectivity index (χ1v) is 11.3. The van der Waals surface area contributed by atoms with Crippen LogP contribution < -0.4 is 10.2 Å². The third kappa shape index (κ3) is 2.92. The van der Waals surface area contributed by atoms with Crippen LogP contribution in [-0.4, -0.2) is 24.0 Å². The smallest absolute Gasteiger partial charge is 0.196 e. The Kier molecular flexibility index (Phi) is 4.32. The molecule has 1 aliphatic heterocycles. The Balaban J connectivity index is 1.60. The first-order valence-electron chi connectivity index (χ1n) is 11.3. The normalized spacial score (nSPS) is 17.5. The second kappa shape index (κ2) is 7.23. The lowest BCUT2D eigenvalue weighted by Gasteiger charge is -2.33. The van der Waals surface area contributed by atoms with Crippen molar-refractivity contribution in [3.05, 3.63) is 71.3 Å². The van der Waals surface area contributed by atoms with Gasteiger partial charge in [0.25, 0.3) is 0 Å². The highest BCUT2D eigenvalue weighted by Gasteiger charge is 2.34. The lowest BCUT2D eigenvalue weighted by atomic mass is 9.86. The van der Waals surface area contributed by atoms with Crippen molar-refractivity contribution in [2.45, 2.75) is 26.7 Å². The number of benzene rings is 3. The number of fused-ring (bicyclic) bond motifs is 2. The second-order valence-electron chi connectivity index (χ2n) is 9.11. The molecule has 0 spiro atoms. The predicted octanol–water partition coefficient (Wildman–Crippen LogP) is 6.33. The van der Waals surface area contributed by atoms with Crippen LogP contribution in [-0.2, 0) is 0 Å². The number of nitrogens with zero attached hydrogens (tertiary/aromatic N) is 2. The molecule has 0 saturated carbocycles. The van der Waals surface area contributed by atoms with E-state index in [9.17, 15) is 4.79 Å². The average molecular weight is 424 g/mol. The van der Waals surface area contributed by atoms with Gasteiger partial charge in [-0.15, -0.1) is 0 Å². The van der Waals surface area contributed by atoms with E-state index in [1.54, 1.807) is 0 Å². The predicted molar refractivity (Wildman–Crippen MR) is 128 cm³/mol. The lowest BCUT2D eigenvalue weighted by Crippen LogP contribution is -2.34. The van der Waals surface area contributed by atoms with E-state index in [-0.39, 0.29) is 5.78 Å². The molecule has 1 fully saturated rings. The van der Waals surface area contributed by atoms with Crippen LogP contribution in [0.15, 0.2) is 59.1 Å². The fourth-order valence-corrected chi connectivity index (χ4v) is 5.08. The summed E-state index contributed by atoms with van der Waals surface area (Å²) >= 11 is 0. The highest BCUT2D eigenvalue weighted by Crippen LogP contribution is 2.46. The summed E-state index contributed by atoms with van der Waals surface area (Å²) in [6.07, 6.45) is 2.39. The minimum atomic E-state index is 0.00877. The fourth-order valence-electron chi connectivity index (χ4n) is 5.08. The molecule has 1 atom stereocenters. The maximum absolute atomic E-state index is 13.7. The maximum Gasteiger partial charge on any atom is 0.196 e. The molecule has 1 aromatic heterocycles. The number of piperidine rings is 1. The van der Waals surface area contributed by atoms with E-state index in [4.69, 9.17) is 4.52 Å². The van der Waals surface area contributed by atoms with Gasteiger partial charge in [0.1, 0.15) is 5.52 Å². The fraction of sp³-hybridized carbons (Fsp3) is 0.259. The molecule has 5 heteroatoms. The zero-order chi connectivity index (χ0) is 21.8. The molecular formula is C27H25N3O2. The van der Waals surface area contributed by atoms with E-state index in [2.05, 4.69) is 47.4 Å². The van der Waals surface area contributed by atoms with Crippen molar-refractivity contribution in [2.75, 3.05) is 23.3 Å². The molecule has 4 aromatic rings. The number of carbonyl (C=O) groups excluding carboxylic acids is 1. The summed E-state index contributed by atoms with van der Waals surface area (Å²) in [5, 5.41) is 8.83. The van der Waals surface area contributed by atoms with Crippen LogP contribution in [0.4, 0.5) is 17.1 Å². The number of aryl methyl sites for hydroxylation is 1. The molecule has 5 nitrogen and oxygen atoms in total. The third-order valence-electron chi connectivity index (χ3n) is 6.71. The molecule has 1 aliphatic carbocycles. The van der Waals surface area contributed by atoms with Gasteiger partial charge in [-0.3, -0.25) is 4.79 Å². The van der Waals surface area contributed by atoms with Crippen LogP contribution in [0.25, 0.3) is 22.2 Å². The number of aromatic nitrogens is 1. The molecule has 2 aliphatic rings. The first-order chi connectivity index (χ1) is 15.6. The van der Waals surface area contributed by atoms with Crippen molar-refractivity contribution in [1.82, 2.24) is 5.16 Å². The highest BCUT2D eigenvalue weighted by atomic mass is 16.5. The quantitative estimate of drug-likeness (QED) is 0.368. The van der Waals surface area contributed by atoms with Crippen LogP contribution in [0, 0.1) is 12.8 Å². The summed E-state index contributed by atoms with van der Waals surface area (Å²) in [4.78, 5) is 16.1. The van der Waals surface area contributed by atoms with Crippen LogP contribution >= 0.6 is 0 Å². The number of carbonyl (C=O) groups is 1. The molecule has 1 saturated heterocycles. The van der Waals surface area contributed by atoms with E-state index >= 15 is 0 Å². The van der Waals surface area contributed by atoms with Crippen molar-refractivity contribution < 1.29 is 9.32 Å². The van der Waals surface area contributed by atoms with Gasteiger partial charge in [0, 0.05) is 29.9 Å². The monoisotopic (exact) mass is 423 g/mol. The highest BCUT2D eigenvalue weighted by molar-refractivity contribution is 6.28. The lowest BCUT2D eigenvalue weighted by molar-refractivity contribution is 0.104. The number of hydrogen-bond donors (Lipinski definition) is 1. The molecule has 1 N–H and O–H groups in total. The molecule has 0 radical (unpaired) electrons. The van der Waals surface area contributed by atoms with Crippen molar-refractivity contribution >= 4 is 33.7 Å². The standard InChI is InChI=1S/C27H25N3O2/c1-16-9-11-18(12-10-16)28-21-14-22(30-13-5-6-17(2)15-30)25-24-23(21)26(31)19-7-3-4-8-20(19)27(24)32-29-25/h3-4,7-12,14,17,28H,5-6,13,15H2,1-2H3/t17-/m1/s1. The summed E-state index contributed by atoms with van der Waals surface area (Å²) in [7, 11) is 0. The number of ketones is 1. The van der Waals surface area contributed by atoms with Crippen LogP contribution in [0.5, 0.6) is 0 Å². The Bertz CT molecular complexity index is 1350. The third-order valence-corrected chi connectivity index (χ3v) is 6.71. The van der Waals surface area contributed by atoms with Gasteiger partial charge in [-0.25, -0.2) is 0 Å². The van der Waals surface area contributed by atoms with E-state index in [0.717, 1.165) is 53.0 Å². The minimum absolute atomic E-state index is 0.00877. The number of rotatable bonds is 3. The molecule has 0 unspecified atom stereocenters. The van der Waals surface area contributed by atoms with Gasteiger partial charge in [0.15, 0.2) is 11.5 Å². The molecule has 32 heavy (non-hydrogen) atoms. The van der Waals surface area contributed by atoms with Gasteiger partial charge in [0.2, 0.25) is 0 Å². The SMILES string of the molecule is Cc1ccc(Nc2cc(N3CCC[C@@H](C)C3)c3noc4c3c2C(=O)c2ccccc2-4)cc1. The number of anilines is 3. The van der Waals surface area contributed by atoms with Crippen molar-refractivity contribution in [2.24, 2.45) is 5.92 Å². The van der Waals surface area contributed by atoms with Crippen LogP contribution in [0.3, 0.4) is 0 Å². The minimum Gasteiger partial charge on any atom is -0.369 e. The molecule has 3 aromatic carbocycles. The summed E-state index contributed by atoms with van der Waals surface area (Å²) in [6, 6.07) is 18.0. The van der Waals surface area contributed by atoms with E-state index in [1.807, 2.05) is 36.4 Å². The Hall–Kier alpha value is -3.60. The van der Waals surface area contributed by atoms with Crippen molar-refractivity contribution in [3.8, 4) is 11.3 Å². The van der Waals surface area contributed by atoms with Crippen molar-refractivity contribution in [3.63, 3.8) is 0 Å². The topological polar surface area (TPSA) is 58.4 Å². The molecule has 160 valence electrons. The van der Waals surface area contributed by atoms with Gasteiger partial charge < -0.3 is 14.7 Å². The van der Waals surface area contributed by atoms with Crippen LogP contribution in [0.2, 0.25) is 0 Å². The largest absolute Gasteiger partial charge is 0.369 e. The first kappa shape index (κ1) is 19.1.